The lowest BCUT2D eigenvalue weighted by Gasteiger charge is -2.36. The Morgan fingerprint density at radius 3 is 2.59 bits per heavy atom. The van der Waals surface area contributed by atoms with Gasteiger partial charge in [-0.05, 0) is 45.1 Å². The Morgan fingerprint density at radius 1 is 1.41 bits per heavy atom. The van der Waals surface area contributed by atoms with Crippen molar-refractivity contribution in [3.8, 4) is 0 Å². The van der Waals surface area contributed by atoms with Gasteiger partial charge in [0.05, 0.1) is 18.2 Å². The summed E-state index contributed by atoms with van der Waals surface area (Å²) in [6, 6.07) is 4.23. The van der Waals surface area contributed by atoms with Gasteiger partial charge < -0.3 is 15.0 Å². The van der Waals surface area contributed by atoms with Gasteiger partial charge in [-0.15, -0.1) is 35.3 Å². The highest BCUT2D eigenvalue weighted by molar-refractivity contribution is 14.0. The first-order chi connectivity index (χ1) is 9.98. The molecule has 0 saturated carbocycles. The predicted octanol–water partition coefficient (Wildman–Crippen LogP) is 3.72. The zero-order valence-corrected chi connectivity index (χ0v) is 17.1. The minimum Gasteiger partial charge on any atom is -0.372 e. The van der Waals surface area contributed by atoms with E-state index in [0.717, 1.165) is 38.4 Å². The molecule has 2 rings (SSSR count). The maximum Gasteiger partial charge on any atom is 0.193 e. The number of hydrogen-bond acceptors (Lipinski definition) is 3. The van der Waals surface area contributed by atoms with Gasteiger partial charge in [0.15, 0.2) is 5.96 Å². The highest BCUT2D eigenvalue weighted by atomic mass is 127. The van der Waals surface area contributed by atoms with E-state index in [0.29, 0.717) is 6.10 Å². The molecule has 0 spiro atoms. The molecular weight excluding hydrogens is 409 g/mol. The number of hydrogen-bond donors (Lipinski definition) is 1. The fourth-order valence-electron chi connectivity index (χ4n) is 2.60. The highest BCUT2D eigenvalue weighted by Gasteiger charge is 2.25. The van der Waals surface area contributed by atoms with Gasteiger partial charge in [0, 0.05) is 25.0 Å². The van der Waals surface area contributed by atoms with E-state index < -0.39 is 0 Å². The van der Waals surface area contributed by atoms with Gasteiger partial charge in [-0.25, -0.2) is 0 Å². The minimum atomic E-state index is -0.0497. The number of halogens is 1. The summed E-state index contributed by atoms with van der Waals surface area (Å²) >= 11 is 1.77. The Kier molecular flexibility index (Phi) is 8.13. The molecule has 1 aliphatic heterocycles. The van der Waals surface area contributed by atoms with Crippen LogP contribution in [0, 0.1) is 0 Å². The number of piperidine rings is 1. The molecule has 1 aromatic rings. The number of thiophene rings is 1. The van der Waals surface area contributed by atoms with Crippen molar-refractivity contribution in [2.45, 2.75) is 51.9 Å². The molecule has 2 heterocycles. The molecule has 1 saturated heterocycles. The van der Waals surface area contributed by atoms with Crippen molar-refractivity contribution in [1.82, 2.24) is 10.2 Å². The van der Waals surface area contributed by atoms with E-state index in [2.05, 4.69) is 53.5 Å². The first-order valence-corrected chi connectivity index (χ1v) is 8.52. The van der Waals surface area contributed by atoms with E-state index in [-0.39, 0.29) is 29.6 Å². The zero-order chi connectivity index (χ0) is 15.3. The number of guanidine groups is 1. The zero-order valence-electron chi connectivity index (χ0n) is 14.0. The number of aliphatic imine (C=N–C) groups is 1. The number of ether oxygens (including phenoxy) is 1. The largest absolute Gasteiger partial charge is 0.372 e. The Hall–Kier alpha value is -0.340. The summed E-state index contributed by atoms with van der Waals surface area (Å²) in [6.45, 7) is 9.24. The first kappa shape index (κ1) is 19.7. The molecule has 126 valence electrons. The van der Waals surface area contributed by atoms with Crippen molar-refractivity contribution in [2.24, 2.45) is 4.99 Å². The van der Waals surface area contributed by atoms with Crippen molar-refractivity contribution < 1.29 is 4.74 Å². The molecule has 6 heteroatoms. The van der Waals surface area contributed by atoms with Crippen LogP contribution in [0.2, 0.25) is 0 Å². The second-order valence-corrected chi connectivity index (χ2v) is 7.43. The number of nitrogens with one attached hydrogen (secondary N) is 1. The van der Waals surface area contributed by atoms with Gasteiger partial charge >= 0.3 is 0 Å². The van der Waals surface area contributed by atoms with Crippen LogP contribution in [0.5, 0.6) is 0 Å². The normalized spacial score (nSPS) is 17.3. The molecule has 4 nitrogen and oxygen atoms in total. The topological polar surface area (TPSA) is 36.9 Å². The third kappa shape index (κ3) is 6.42. The smallest absolute Gasteiger partial charge is 0.193 e. The van der Waals surface area contributed by atoms with Crippen molar-refractivity contribution in [3.63, 3.8) is 0 Å². The van der Waals surface area contributed by atoms with Crippen molar-refractivity contribution in [1.29, 1.82) is 0 Å². The van der Waals surface area contributed by atoms with Crippen LogP contribution in [0.4, 0.5) is 0 Å². The summed E-state index contributed by atoms with van der Waals surface area (Å²) in [6.07, 6.45) is 2.50. The monoisotopic (exact) mass is 437 g/mol. The van der Waals surface area contributed by atoms with E-state index in [4.69, 9.17) is 4.74 Å². The second-order valence-electron chi connectivity index (χ2n) is 6.40. The van der Waals surface area contributed by atoms with Crippen molar-refractivity contribution in [3.05, 3.63) is 22.4 Å². The molecule has 0 aliphatic carbocycles. The average molecular weight is 437 g/mol. The molecule has 0 amide bonds. The Morgan fingerprint density at radius 2 is 2.09 bits per heavy atom. The third-order valence-corrected chi connectivity index (χ3v) is 4.35. The standard InChI is InChI=1S/C16H27N3OS.HI/c1-16(2,3)20-13-7-9-19(10-8-13)15(17-4)18-12-14-6-5-11-21-14;/h5-6,11,13H,7-10,12H2,1-4H3,(H,17,18);1H. The minimum absolute atomic E-state index is 0. The average Bonchev–Trinajstić information content (AvgIpc) is 2.92. The molecule has 1 aliphatic rings. The molecular formula is C16H28IN3OS. The molecule has 1 aromatic heterocycles. The van der Waals surface area contributed by atoms with Gasteiger partial charge in [-0.3, -0.25) is 4.99 Å². The van der Waals surface area contributed by atoms with E-state index in [1.165, 1.54) is 4.88 Å². The Bertz CT molecular complexity index is 448. The lowest BCUT2D eigenvalue weighted by Crippen LogP contribution is -2.47. The number of rotatable bonds is 3. The van der Waals surface area contributed by atoms with Crippen molar-refractivity contribution in [2.75, 3.05) is 20.1 Å². The quantitative estimate of drug-likeness (QED) is 0.445. The Labute approximate surface area is 155 Å². The van der Waals surface area contributed by atoms with Crippen LogP contribution >= 0.6 is 35.3 Å². The van der Waals surface area contributed by atoms with Gasteiger partial charge in [-0.2, -0.15) is 0 Å². The fourth-order valence-corrected chi connectivity index (χ4v) is 3.24. The maximum absolute atomic E-state index is 6.07. The van der Waals surface area contributed by atoms with E-state index in [1.807, 2.05) is 7.05 Å². The SMILES string of the molecule is CN=C(NCc1cccs1)N1CCC(OC(C)(C)C)CC1.I. The van der Waals surface area contributed by atoms with Gasteiger partial charge in [0.1, 0.15) is 0 Å². The Balaban J connectivity index is 0.00000242. The third-order valence-electron chi connectivity index (χ3n) is 3.47. The molecule has 0 atom stereocenters. The summed E-state index contributed by atoms with van der Waals surface area (Å²) in [5, 5.41) is 5.56. The first-order valence-electron chi connectivity index (χ1n) is 7.64. The van der Waals surface area contributed by atoms with Gasteiger partial charge in [0.2, 0.25) is 0 Å². The summed E-state index contributed by atoms with van der Waals surface area (Å²) < 4.78 is 6.07. The van der Waals surface area contributed by atoms with Gasteiger partial charge in [-0.1, -0.05) is 6.07 Å². The van der Waals surface area contributed by atoms with Crippen LogP contribution in [-0.2, 0) is 11.3 Å². The summed E-state index contributed by atoms with van der Waals surface area (Å²) in [7, 11) is 1.86. The van der Waals surface area contributed by atoms with E-state index in [9.17, 15) is 0 Å². The number of likely N-dealkylation sites (tertiary alicyclic amines) is 1. The molecule has 1 fully saturated rings. The van der Waals surface area contributed by atoms with Crippen LogP contribution in [0.15, 0.2) is 22.5 Å². The summed E-state index contributed by atoms with van der Waals surface area (Å²) in [5.41, 5.74) is -0.0497. The maximum atomic E-state index is 6.07. The van der Waals surface area contributed by atoms with E-state index in [1.54, 1.807) is 11.3 Å². The van der Waals surface area contributed by atoms with Crippen LogP contribution in [0.25, 0.3) is 0 Å². The molecule has 0 unspecified atom stereocenters. The predicted molar refractivity (Wildman–Crippen MR) is 105 cm³/mol. The van der Waals surface area contributed by atoms with Gasteiger partial charge in [0.25, 0.3) is 0 Å². The molecule has 0 radical (unpaired) electrons. The molecule has 1 N–H and O–H groups in total. The summed E-state index contributed by atoms with van der Waals surface area (Å²) in [5.74, 6) is 0.998. The summed E-state index contributed by atoms with van der Waals surface area (Å²) in [4.78, 5) is 8.07. The van der Waals surface area contributed by atoms with Crippen LogP contribution in [0.1, 0.15) is 38.5 Å². The van der Waals surface area contributed by atoms with Crippen LogP contribution in [-0.4, -0.2) is 42.7 Å². The number of nitrogens with zero attached hydrogens (tertiary/aromatic N) is 2. The second kappa shape index (κ2) is 9.08. The highest BCUT2D eigenvalue weighted by Crippen LogP contribution is 2.20. The van der Waals surface area contributed by atoms with E-state index >= 15 is 0 Å². The molecule has 0 aromatic carbocycles. The van der Waals surface area contributed by atoms with Crippen LogP contribution < -0.4 is 5.32 Å². The molecule has 0 bridgehead atoms. The van der Waals surface area contributed by atoms with Crippen LogP contribution in [0.3, 0.4) is 0 Å². The van der Waals surface area contributed by atoms with Crippen molar-refractivity contribution >= 4 is 41.3 Å². The lowest BCUT2D eigenvalue weighted by molar-refractivity contribution is -0.0772. The molecule has 22 heavy (non-hydrogen) atoms. The fraction of sp³-hybridized carbons (Fsp3) is 0.688. The lowest BCUT2D eigenvalue weighted by atomic mass is 10.1.